The van der Waals surface area contributed by atoms with Crippen LogP contribution in [0.1, 0.15) is 110 Å². The van der Waals surface area contributed by atoms with E-state index in [0.717, 1.165) is 56.3 Å². The third-order valence-corrected chi connectivity index (χ3v) is 11.9. The first-order valence-corrected chi connectivity index (χ1v) is 19.2. The quantitative estimate of drug-likeness (QED) is 0.0794. The number of methoxy groups -OCH3 is 2. The van der Waals surface area contributed by atoms with Gasteiger partial charge in [-0.05, 0) is 68.7 Å². The fraction of sp³-hybridized carbons (Fsp3) is 0.146. The Hall–Kier alpha value is -8.37. The molecule has 0 saturated carbocycles. The molecular formula is C48H36O16. The van der Waals surface area contributed by atoms with Gasteiger partial charge in [-0.25, -0.2) is 0 Å². The van der Waals surface area contributed by atoms with Crippen LogP contribution in [0.2, 0.25) is 0 Å². The van der Waals surface area contributed by atoms with Gasteiger partial charge in [0.05, 0.1) is 47.6 Å². The maximum atomic E-state index is 14.8. The number of aryl methyl sites for hydroxylation is 2. The summed E-state index contributed by atoms with van der Waals surface area (Å²) in [5, 5.41) is 106. The first kappa shape index (κ1) is 42.3. The third-order valence-electron chi connectivity index (χ3n) is 11.9. The molecule has 0 saturated heterocycles. The highest BCUT2D eigenvalue weighted by atomic mass is 16.5. The second-order valence-corrected chi connectivity index (χ2v) is 15.5. The van der Waals surface area contributed by atoms with Crippen LogP contribution in [0.4, 0.5) is 0 Å². The Morgan fingerprint density at radius 2 is 0.969 bits per heavy atom. The fourth-order valence-electron chi connectivity index (χ4n) is 9.23. The summed E-state index contributed by atoms with van der Waals surface area (Å²) in [4.78, 5) is 69.6. The number of phenols is 8. The van der Waals surface area contributed by atoms with Crippen molar-refractivity contribution < 1.29 is 79.4 Å². The lowest BCUT2D eigenvalue weighted by Gasteiger charge is -2.39. The molecule has 1 atom stereocenters. The number of carbonyl (C=O) groups is 5. The van der Waals surface area contributed by atoms with Crippen molar-refractivity contribution in [3.8, 4) is 79.7 Å². The highest BCUT2D eigenvalue weighted by molar-refractivity contribution is 6.33. The van der Waals surface area contributed by atoms with E-state index in [-0.39, 0.29) is 39.3 Å². The molecule has 2 aliphatic rings. The molecule has 9 N–H and O–H groups in total. The van der Waals surface area contributed by atoms with E-state index in [1.54, 1.807) is 0 Å². The van der Waals surface area contributed by atoms with Crippen LogP contribution in [-0.4, -0.2) is 89.1 Å². The summed E-state index contributed by atoms with van der Waals surface area (Å²) in [7, 11) is 2.37. The standard InChI is InChI=1S/C48H36O16/c1-16-12-24(52)38-40(30(16)36-26(54)14-28(63-5)32(18(3)49)44(36)58)42(56)20-10-11-22(43(57)34(20)46(38)60)48(62)21-8-7-9-23(51)35(21)47(61)39-25(53)13-17(2)31(41(39)48)37-27(55)15-29(64-6)33(19(4)50)45(37)59/h7-15,51-55,57-59,62H,1-6H3. The van der Waals surface area contributed by atoms with Crippen LogP contribution >= 0.6 is 0 Å². The average molecular weight is 869 g/mol. The summed E-state index contributed by atoms with van der Waals surface area (Å²) in [6, 6.07) is 9.74. The Bertz CT molecular complexity index is 3210. The number of fused-ring (bicyclic) bond motifs is 4. The van der Waals surface area contributed by atoms with Gasteiger partial charge >= 0.3 is 0 Å². The number of carbonyl (C=O) groups excluding carboxylic acids is 5. The molecule has 8 rings (SSSR count). The number of aliphatic hydroxyl groups is 1. The predicted molar refractivity (Wildman–Crippen MR) is 225 cm³/mol. The van der Waals surface area contributed by atoms with Crippen LogP contribution in [-0.2, 0) is 5.60 Å². The largest absolute Gasteiger partial charge is 0.507 e. The van der Waals surface area contributed by atoms with Gasteiger partial charge in [0.15, 0.2) is 17.3 Å². The number of rotatable bonds is 7. The lowest BCUT2D eigenvalue weighted by molar-refractivity contribution is 0.0926. The second-order valence-electron chi connectivity index (χ2n) is 15.5. The van der Waals surface area contributed by atoms with E-state index in [2.05, 4.69) is 0 Å². The van der Waals surface area contributed by atoms with E-state index in [9.17, 15) is 69.9 Å². The summed E-state index contributed by atoms with van der Waals surface area (Å²) < 4.78 is 10.4. The molecule has 0 spiro atoms. The van der Waals surface area contributed by atoms with Crippen LogP contribution < -0.4 is 9.47 Å². The van der Waals surface area contributed by atoms with Gasteiger partial charge < -0.3 is 55.4 Å². The van der Waals surface area contributed by atoms with Crippen LogP contribution in [0, 0.1) is 13.8 Å². The maximum Gasteiger partial charge on any atom is 0.202 e. The van der Waals surface area contributed by atoms with Gasteiger partial charge in [-0.2, -0.15) is 0 Å². The Labute approximate surface area is 361 Å². The van der Waals surface area contributed by atoms with Gasteiger partial charge in [-0.3, -0.25) is 24.0 Å². The molecule has 16 nitrogen and oxygen atoms in total. The fourth-order valence-corrected chi connectivity index (χ4v) is 9.23. The lowest BCUT2D eigenvalue weighted by atomic mass is 9.66. The zero-order valence-corrected chi connectivity index (χ0v) is 34.6. The van der Waals surface area contributed by atoms with Crippen LogP contribution in [0.5, 0.6) is 57.5 Å². The van der Waals surface area contributed by atoms with Crippen molar-refractivity contribution in [2.45, 2.75) is 33.3 Å². The highest BCUT2D eigenvalue weighted by Crippen LogP contribution is 2.59. The topological polar surface area (TPSA) is 286 Å². The number of ether oxygens (including phenoxy) is 2. The van der Waals surface area contributed by atoms with E-state index in [4.69, 9.17) is 9.47 Å². The molecular weight excluding hydrogens is 833 g/mol. The number of phenolic OH excluding ortho intramolecular Hbond substituents is 8. The zero-order valence-electron chi connectivity index (χ0n) is 34.6. The van der Waals surface area contributed by atoms with E-state index in [0.29, 0.717) is 0 Å². The Balaban J connectivity index is 1.47. The van der Waals surface area contributed by atoms with Crippen LogP contribution in [0.15, 0.2) is 54.6 Å². The minimum Gasteiger partial charge on any atom is -0.507 e. The van der Waals surface area contributed by atoms with Gasteiger partial charge in [0, 0.05) is 45.5 Å². The third kappa shape index (κ3) is 5.48. The molecule has 1 unspecified atom stereocenters. The van der Waals surface area contributed by atoms with Crippen molar-refractivity contribution in [1.29, 1.82) is 0 Å². The average Bonchev–Trinajstić information content (AvgIpc) is 3.21. The predicted octanol–water partition coefficient (Wildman–Crippen LogP) is 6.31. The smallest absolute Gasteiger partial charge is 0.202 e. The maximum absolute atomic E-state index is 14.8. The molecule has 0 aliphatic heterocycles. The summed E-state index contributed by atoms with van der Waals surface area (Å²) in [5.41, 5.74) is -10.8. The summed E-state index contributed by atoms with van der Waals surface area (Å²) in [6.45, 7) is 5.00. The van der Waals surface area contributed by atoms with Crippen molar-refractivity contribution >= 4 is 28.9 Å². The summed E-state index contributed by atoms with van der Waals surface area (Å²) >= 11 is 0. The normalized spacial score (nSPS) is 15.0. The van der Waals surface area contributed by atoms with Crippen molar-refractivity contribution in [3.63, 3.8) is 0 Å². The van der Waals surface area contributed by atoms with E-state index in [1.807, 2.05) is 0 Å². The number of Topliss-reactive ketones (excluding diaryl/α,β-unsaturated/α-hetero) is 2. The molecule has 64 heavy (non-hydrogen) atoms. The van der Waals surface area contributed by atoms with Crippen molar-refractivity contribution in [2.24, 2.45) is 0 Å². The molecule has 6 aromatic rings. The van der Waals surface area contributed by atoms with Gasteiger partial charge in [-0.15, -0.1) is 0 Å². The summed E-state index contributed by atoms with van der Waals surface area (Å²) in [6.07, 6.45) is 0. The molecule has 0 aromatic heterocycles. The minimum absolute atomic E-state index is 0.0141. The van der Waals surface area contributed by atoms with E-state index in [1.165, 1.54) is 40.2 Å². The molecule has 0 amide bonds. The second kappa shape index (κ2) is 14.4. The van der Waals surface area contributed by atoms with Crippen molar-refractivity contribution in [1.82, 2.24) is 0 Å². The molecule has 2 aliphatic carbocycles. The number of aromatic hydroxyl groups is 8. The first-order chi connectivity index (χ1) is 30.1. The van der Waals surface area contributed by atoms with Gasteiger partial charge in [0.1, 0.15) is 74.2 Å². The molecule has 324 valence electrons. The number of ketones is 5. The number of hydrogen-bond acceptors (Lipinski definition) is 16. The lowest BCUT2D eigenvalue weighted by Crippen LogP contribution is -2.38. The molecule has 0 bridgehead atoms. The molecule has 0 heterocycles. The summed E-state index contributed by atoms with van der Waals surface area (Å²) in [5.74, 6) is -11.6. The minimum atomic E-state index is -2.96. The Morgan fingerprint density at radius 3 is 1.50 bits per heavy atom. The SMILES string of the molecule is COc1cc(O)c(-c2c(C)cc(O)c3c2C(=O)c2ccc(C4(O)c5cccc(O)c5C(=O)c5c(O)cc(C)c(-c6c(O)cc(OC)c(C(C)=O)c6O)c54)c(O)c2C3=O)c(O)c1C(C)=O. The first-order valence-electron chi connectivity index (χ1n) is 19.2. The number of benzene rings is 6. The van der Waals surface area contributed by atoms with Gasteiger partial charge in [0.25, 0.3) is 0 Å². The van der Waals surface area contributed by atoms with Crippen LogP contribution in [0.3, 0.4) is 0 Å². The zero-order chi connectivity index (χ0) is 46.8. The van der Waals surface area contributed by atoms with E-state index < -0.39 is 147 Å². The Morgan fingerprint density at radius 1 is 0.484 bits per heavy atom. The van der Waals surface area contributed by atoms with Gasteiger partial charge in [-0.1, -0.05) is 18.2 Å². The molecule has 16 heteroatoms. The van der Waals surface area contributed by atoms with E-state index >= 15 is 0 Å². The van der Waals surface area contributed by atoms with Gasteiger partial charge in [0.2, 0.25) is 11.6 Å². The number of hydrogen-bond donors (Lipinski definition) is 9. The molecule has 6 aromatic carbocycles. The van der Waals surface area contributed by atoms with Crippen molar-refractivity contribution in [3.05, 3.63) is 127 Å². The Kier molecular flexibility index (Phi) is 9.49. The van der Waals surface area contributed by atoms with Crippen LogP contribution in [0.25, 0.3) is 22.3 Å². The monoisotopic (exact) mass is 868 g/mol. The molecule has 0 radical (unpaired) electrons. The van der Waals surface area contributed by atoms with Crippen molar-refractivity contribution in [2.75, 3.05) is 14.2 Å². The molecule has 0 fully saturated rings. The highest BCUT2D eigenvalue weighted by Gasteiger charge is 2.52.